The van der Waals surface area contributed by atoms with E-state index in [1.165, 1.54) is 25.4 Å². The van der Waals surface area contributed by atoms with Crippen molar-refractivity contribution in [1.82, 2.24) is 9.29 Å². The Balaban J connectivity index is 3.23. The first kappa shape index (κ1) is 14.9. The van der Waals surface area contributed by atoms with Crippen LogP contribution in [-0.4, -0.2) is 41.9 Å². The van der Waals surface area contributed by atoms with Gasteiger partial charge in [-0.05, 0) is 18.6 Å². The van der Waals surface area contributed by atoms with Gasteiger partial charge in [-0.3, -0.25) is 4.79 Å². The fraction of sp³-hybridized carbons (Fsp3) is 0.400. The molecule has 0 saturated heterocycles. The molecular weight excluding hydrogens is 280 g/mol. The summed E-state index contributed by atoms with van der Waals surface area (Å²) in [5.74, 6) is -1.21. The van der Waals surface area contributed by atoms with Crippen LogP contribution in [0, 0.1) is 0 Å². The molecule has 1 rings (SSSR count). The quantitative estimate of drug-likeness (QED) is 0.824. The summed E-state index contributed by atoms with van der Waals surface area (Å²) in [6, 6.07) is 1.58. The van der Waals surface area contributed by atoms with E-state index in [0.29, 0.717) is 0 Å². The van der Waals surface area contributed by atoms with E-state index in [-0.39, 0.29) is 16.5 Å². The first-order chi connectivity index (χ1) is 8.32. The van der Waals surface area contributed by atoms with Crippen LogP contribution in [0.25, 0.3) is 0 Å². The van der Waals surface area contributed by atoms with Gasteiger partial charge >= 0.3 is 5.97 Å². The van der Waals surface area contributed by atoms with Crippen molar-refractivity contribution in [2.24, 2.45) is 0 Å². The summed E-state index contributed by atoms with van der Waals surface area (Å²) in [6.45, 7) is 1.59. The standard InChI is InChI=1S/C10H13ClN2O4S/c1-3-7(10(14)15)13(2)18(16,17)8-5-4-6-12-9(8)11/h4-7H,3H2,1-2H3,(H,14,15). The van der Waals surface area contributed by atoms with E-state index in [1.807, 2.05) is 0 Å². The number of carboxylic acid groups (broad SMARTS) is 1. The Bertz CT molecular complexity index is 547. The van der Waals surface area contributed by atoms with Gasteiger partial charge < -0.3 is 5.11 Å². The summed E-state index contributed by atoms with van der Waals surface area (Å²) in [5.41, 5.74) is 0. The first-order valence-electron chi connectivity index (χ1n) is 5.13. The molecule has 0 aliphatic carbocycles. The van der Waals surface area contributed by atoms with Crippen molar-refractivity contribution in [3.8, 4) is 0 Å². The molecule has 1 atom stereocenters. The Hall–Kier alpha value is -1.18. The number of likely N-dealkylation sites (N-methyl/N-ethyl adjacent to an activating group) is 1. The predicted molar refractivity (Wildman–Crippen MR) is 65.9 cm³/mol. The van der Waals surface area contributed by atoms with Crippen LogP contribution < -0.4 is 0 Å². The molecule has 1 heterocycles. The van der Waals surface area contributed by atoms with Crippen LogP contribution in [0.4, 0.5) is 0 Å². The molecule has 1 aromatic heterocycles. The number of pyridine rings is 1. The number of hydrogen-bond acceptors (Lipinski definition) is 4. The van der Waals surface area contributed by atoms with Crippen molar-refractivity contribution in [1.29, 1.82) is 0 Å². The minimum atomic E-state index is -3.97. The highest BCUT2D eigenvalue weighted by molar-refractivity contribution is 7.89. The van der Waals surface area contributed by atoms with Crippen molar-refractivity contribution >= 4 is 27.6 Å². The predicted octanol–water partition coefficient (Wildman–Crippen LogP) is 1.22. The van der Waals surface area contributed by atoms with Crippen molar-refractivity contribution in [3.05, 3.63) is 23.5 Å². The Labute approximate surface area is 110 Å². The lowest BCUT2D eigenvalue weighted by molar-refractivity contribution is -0.141. The van der Waals surface area contributed by atoms with E-state index in [0.717, 1.165) is 4.31 Å². The van der Waals surface area contributed by atoms with E-state index >= 15 is 0 Å². The molecule has 8 heteroatoms. The van der Waals surface area contributed by atoms with Crippen molar-refractivity contribution < 1.29 is 18.3 Å². The molecule has 1 aromatic rings. The number of nitrogens with zero attached hydrogens (tertiary/aromatic N) is 2. The highest BCUT2D eigenvalue weighted by atomic mass is 35.5. The maximum Gasteiger partial charge on any atom is 0.321 e. The van der Waals surface area contributed by atoms with Crippen LogP contribution in [0.1, 0.15) is 13.3 Å². The van der Waals surface area contributed by atoms with Gasteiger partial charge in [-0.2, -0.15) is 4.31 Å². The van der Waals surface area contributed by atoms with Gasteiger partial charge in [0, 0.05) is 13.2 Å². The third kappa shape index (κ3) is 2.80. The van der Waals surface area contributed by atoms with Crippen molar-refractivity contribution in [2.75, 3.05) is 7.05 Å². The van der Waals surface area contributed by atoms with E-state index in [2.05, 4.69) is 4.98 Å². The average molecular weight is 293 g/mol. The van der Waals surface area contributed by atoms with Crippen LogP contribution in [0.3, 0.4) is 0 Å². The monoisotopic (exact) mass is 292 g/mol. The van der Waals surface area contributed by atoms with E-state index in [4.69, 9.17) is 16.7 Å². The zero-order valence-electron chi connectivity index (χ0n) is 9.87. The fourth-order valence-electron chi connectivity index (χ4n) is 1.47. The van der Waals surface area contributed by atoms with E-state index in [1.54, 1.807) is 6.92 Å². The largest absolute Gasteiger partial charge is 0.480 e. The molecule has 0 fully saturated rings. The number of carbonyl (C=O) groups is 1. The van der Waals surface area contributed by atoms with E-state index < -0.39 is 22.0 Å². The number of rotatable bonds is 5. The minimum absolute atomic E-state index is 0.156. The van der Waals surface area contributed by atoms with Gasteiger partial charge in [-0.1, -0.05) is 18.5 Å². The topological polar surface area (TPSA) is 87.6 Å². The number of aromatic nitrogens is 1. The maximum atomic E-state index is 12.2. The SMILES string of the molecule is CCC(C(=O)O)N(C)S(=O)(=O)c1cccnc1Cl. The number of hydrogen-bond donors (Lipinski definition) is 1. The summed E-state index contributed by atoms with van der Waals surface area (Å²) >= 11 is 5.72. The summed E-state index contributed by atoms with van der Waals surface area (Å²) in [6.07, 6.45) is 1.51. The number of sulfonamides is 1. The third-order valence-corrected chi connectivity index (χ3v) is 4.80. The summed E-state index contributed by atoms with van der Waals surface area (Å²) in [7, 11) is -2.76. The fourth-order valence-corrected chi connectivity index (χ4v) is 3.29. The molecule has 6 nitrogen and oxygen atoms in total. The van der Waals surface area contributed by atoms with Crippen molar-refractivity contribution in [2.45, 2.75) is 24.3 Å². The summed E-state index contributed by atoms with van der Waals surface area (Å²) in [5, 5.41) is 8.79. The van der Waals surface area contributed by atoms with Gasteiger partial charge in [0.1, 0.15) is 16.1 Å². The molecule has 0 amide bonds. The lowest BCUT2D eigenvalue weighted by atomic mass is 10.2. The molecule has 1 unspecified atom stereocenters. The highest BCUT2D eigenvalue weighted by Crippen LogP contribution is 2.23. The average Bonchev–Trinajstić information content (AvgIpc) is 2.29. The van der Waals surface area contributed by atoms with Gasteiger partial charge in [0.25, 0.3) is 0 Å². The Morgan fingerprint density at radius 2 is 2.22 bits per heavy atom. The summed E-state index contributed by atoms with van der Waals surface area (Å²) in [4.78, 5) is 14.5. The zero-order valence-corrected chi connectivity index (χ0v) is 11.4. The molecule has 1 N–H and O–H groups in total. The second kappa shape index (κ2) is 5.64. The first-order valence-corrected chi connectivity index (χ1v) is 6.95. The minimum Gasteiger partial charge on any atom is -0.480 e. The maximum absolute atomic E-state index is 12.2. The number of aliphatic carboxylic acids is 1. The van der Waals surface area contributed by atoms with Gasteiger partial charge in [-0.15, -0.1) is 0 Å². The van der Waals surface area contributed by atoms with Crippen LogP contribution in [0.15, 0.2) is 23.2 Å². The molecule has 0 spiro atoms. The Kier molecular flexibility index (Phi) is 4.66. The molecule has 18 heavy (non-hydrogen) atoms. The molecule has 0 saturated carbocycles. The lowest BCUT2D eigenvalue weighted by Crippen LogP contribution is -2.42. The second-order valence-electron chi connectivity index (χ2n) is 3.58. The molecule has 0 aliphatic heterocycles. The molecular formula is C10H13ClN2O4S. The third-order valence-electron chi connectivity index (χ3n) is 2.49. The van der Waals surface area contributed by atoms with Crippen LogP contribution in [-0.2, 0) is 14.8 Å². The molecule has 0 radical (unpaired) electrons. The van der Waals surface area contributed by atoms with Gasteiger partial charge in [0.2, 0.25) is 10.0 Å². The molecule has 100 valence electrons. The van der Waals surface area contributed by atoms with Gasteiger partial charge in [0.15, 0.2) is 0 Å². The summed E-state index contributed by atoms with van der Waals surface area (Å²) < 4.78 is 25.2. The van der Waals surface area contributed by atoms with E-state index in [9.17, 15) is 13.2 Å². The van der Waals surface area contributed by atoms with Crippen LogP contribution in [0.2, 0.25) is 5.15 Å². The van der Waals surface area contributed by atoms with Gasteiger partial charge in [-0.25, -0.2) is 13.4 Å². The molecule has 0 bridgehead atoms. The lowest BCUT2D eigenvalue weighted by Gasteiger charge is -2.23. The molecule has 0 aromatic carbocycles. The van der Waals surface area contributed by atoms with Gasteiger partial charge in [0.05, 0.1) is 0 Å². The van der Waals surface area contributed by atoms with Crippen LogP contribution in [0.5, 0.6) is 0 Å². The van der Waals surface area contributed by atoms with Crippen molar-refractivity contribution in [3.63, 3.8) is 0 Å². The normalized spacial score (nSPS) is 13.6. The Morgan fingerprint density at radius 3 is 2.67 bits per heavy atom. The Morgan fingerprint density at radius 1 is 1.61 bits per heavy atom. The zero-order chi connectivity index (χ0) is 13.9. The number of carboxylic acids is 1. The molecule has 0 aliphatic rings. The second-order valence-corrected chi connectivity index (χ2v) is 5.90. The van der Waals surface area contributed by atoms with Crippen LogP contribution >= 0.6 is 11.6 Å². The number of halogens is 1. The smallest absolute Gasteiger partial charge is 0.321 e. The highest BCUT2D eigenvalue weighted by Gasteiger charge is 2.32.